The summed E-state index contributed by atoms with van der Waals surface area (Å²) < 4.78 is 0. The van der Waals surface area contributed by atoms with Gasteiger partial charge in [0.1, 0.15) is 17.5 Å². The van der Waals surface area contributed by atoms with Crippen molar-refractivity contribution in [3.63, 3.8) is 0 Å². The molecule has 0 saturated carbocycles. The summed E-state index contributed by atoms with van der Waals surface area (Å²) in [4.78, 5) is 12.6. The zero-order valence-corrected chi connectivity index (χ0v) is 10.8. The Hall–Kier alpha value is -2.17. The topological polar surface area (TPSA) is 62.7 Å². The van der Waals surface area contributed by atoms with Crippen molar-refractivity contribution < 1.29 is 0 Å². The molecule has 1 unspecified atom stereocenters. The van der Waals surface area contributed by atoms with Gasteiger partial charge in [0.05, 0.1) is 6.04 Å². The highest BCUT2D eigenvalue weighted by molar-refractivity contribution is 5.48. The second-order valence-corrected chi connectivity index (χ2v) is 4.08. The smallest absolute Gasteiger partial charge is 0.132 e. The van der Waals surface area contributed by atoms with Crippen molar-refractivity contribution in [1.29, 1.82) is 0 Å². The molecule has 5 heteroatoms. The largest absolute Gasteiger partial charge is 0.373 e. The predicted molar refractivity (Wildman–Crippen MR) is 72.6 cm³/mol. The van der Waals surface area contributed by atoms with Crippen molar-refractivity contribution >= 4 is 11.6 Å². The maximum Gasteiger partial charge on any atom is 0.132 e. The van der Waals surface area contributed by atoms with E-state index >= 15 is 0 Å². The molecule has 0 aliphatic rings. The molecule has 0 radical (unpaired) electrons. The molecule has 1 atom stereocenters. The molecule has 2 aromatic heterocycles. The zero-order chi connectivity index (χ0) is 13.0. The number of anilines is 2. The summed E-state index contributed by atoms with van der Waals surface area (Å²) in [5.41, 5.74) is 1.17. The van der Waals surface area contributed by atoms with Gasteiger partial charge in [-0.25, -0.2) is 9.97 Å². The monoisotopic (exact) mass is 243 g/mol. The zero-order valence-electron chi connectivity index (χ0n) is 10.8. The van der Waals surface area contributed by atoms with Gasteiger partial charge >= 0.3 is 0 Å². The van der Waals surface area contributed by atoms with Gasteiger partial charge < -0.3 is 10.6 Å². The lowest BCUT2D eigenvalue weighted by Gasteiger charge is -2.15. The lowest BCUT2D eigenvalue weighted by molar-refractivity contribution is 0.864. The van der Waals surface area contributed by atoms with E-state index in [2.05, 4.69) is 32.5 Å². The predicted octanol–water partition coefficient (Wildman–Crippen LogP) is 2.39. The van der Waals surface area contributed by atoms with Crippen LogP contribution in [0.5, 0.6) is 0 Å². The summed E-state index contributed by atoms with van der Waals surface area (Å²) in [5.74, 6) is 2.37. The molecule has 94 valence electrons. The third kappa shape index (κ3) is 2.94. The third-order valence-electron chi connectivity index (χ3n) is 2.66. The van der Waals surface area contributed by atoms with Crippen LogP contribution in [0.4, 0.5) is 11.6 Å². The summed E-state index contributed by atoms with van der Waals surface area (Å²) in [6, 6.07) is 6.05. The molecule has 0 fully saturated rings. The highest BCUT2D eigenvalue weighted by Gasteiger charge is 2.07. The van der Waals surface area contributed by atoms with E-state index < -0.39 is 0 Å². The number of hydrogen-bond donors (Lipinski definition) is 2. The van der Waals surface area contributed by atoms with E-state index in [0.29, 0.717) is 0 Å². The van der Waals surface area contributed by atoms with Gasteiger partial charge in [0, 0.05) is 25.5 Å². The molecule has 2 rings (SSSR count). The first kappa shape index (κ1) is 12.3. The van der Waals surface area contributed by atoms with E-state index in [1.54, 1.807) is 12.4 Å². The molecule has 0 aliphatic heterocycles. The van der Waals surface area contributed by atoms with Crippen molar-refractivity contribution in [2.24, 2.45) is 0 Å². The molecule has 0 aliphatic carbocycles. The summed E-state index contributed by atoms with van der Waals surface area (Å²) in [6.45, 7) is 3.97. The minimum Gasteiger partial charge on any atom is -0.373 e. The first-order valence-electron chi connectivity index (χ1n) is 5.89. The second kappa shape index (κ2) is 5.44. The van der Waals surface area contributed by atoms with Crippen molar-refractivity contribution in [3.8, 4) is 0 Å². The lowest BCUT2D eigenvalue weighted by Crippen LogP contribution is -2.09. The lowest BCUT2D eigenvalue weighted by atomic mass is 10.1. The van der Waals surface area contributed by atoms with E-state index in [-0.39, 0.29) is 6.04 Å². The van der Waals surface area contributed by atoms with Crippen molar-refractivity contribution in [1.82, 2.24) is 15.0 Å². The fourth-order valence-corrected chi connectivity index (χ4v) is 1.73. The summed E-state index contributed by atoms with van der Waals surface area (Å²) in [6.07, 6.45) is 3.58. The first-order chi connectivity index (χ1) is 8.69. The molecule has 2 aromatic rings. The molecule has 0 bridgehead atoms. The Bertz CT molecular complexity index is 512. The maximum absolute atomic E-state index is 4.37. The quantitative estimate of drug-likeness (QED) is 0.863. The second-order valence-electron chi connectivity index (χ2n) is 4.08. The van der Waals surface area contributed by atoms with Crippen LogP contribution < -0.4 is 10.6 Å². The van der Waals surface area contributed by atoms with Crippen LogP contribution in [0.3, 0.4) is 0 Å². The third-order valence-corrected chi connectivity index (χ3v) is 2.66. The van der Waals surface area contributed by atoms with Crippen molar-refractivity contribution in [3.05, 3.63) is 42.0 Å². The Morgan fingerprint density at radius 2 is 1.78 bits per heavy atom. The molecule has 2 N–H and O–H groups in total. The van der Waals surface area contributed by atoms with Crippen LogP contribution in [0.25, 0.3) is 0 Å². The minimum absolute atomic E-state index is 0.173. The first-order valence-corrected chi connectivity index (χ1v) is 5.89. The molecular formula is C13H17N5. The van der Waals surface area contributed by atoms with E-state index in [9.17, 15) is 0 Å². The van der Waals surface area contributed by atoms with E-state index in [4.69, 9.17) is 0 Å². The number of nitrogens with one attached hydrogen (secondary N) is 2. The number of nitrogens with zero attached hydrogens (tertiary/aromatic N) is 3. The normalized spacial score (nSPS) is 11.9. The summed E-state index contributed by atoms with van der Waals surface area (Å²) in [5, 5.41) is 6.37. The van der Waals surface area contributed by atoms with Gasteiger partial charge in [-0.15, -0.1) is 0 Å². The van der Waals surface area contributed by atoms with Crippen LogP contribution in [0.1, 0.15) is 24.4 Å². The minimum atomic E-state index is 0.173. The SMILES string of the molecule is CNc1cc(NC(C)c2ccncc2)nc(C)n1. The number of aromatic nitrogens is 3. The Labute approximate surface area is 107 Å². The van der Waals surface area contributed by atoms with Gasteiger partial charge in [0.2, 0.25) is 0 Å². The Balaban J connectivity index is 2.16. The average molecular weight is 243 g/mol. The van der Waals surface area contributed by atoms with Crippen LogP contribution in [0, 0.1) is 6.92 Å². The number of hydrogen-bond acceptors (Lipinski definition) is 5. The van der Waals surface area contributed by atoms with Crippen LogP contribution >= 0.6 is 0 Å². The number of rotatable bonds is 4. The van der Waals surface area contributed by atoms with E-state index in [1.165, 1.54) is 5.56 Å². The van der Waals surface area contributed by atoms with E-state index in [1.807, 2.05) is 32.2 Å². The fraction of sp³-hybridized carbons (Fsp3) is 0.308. The molecule has 0 aromatic carbocycles. The van der Waals surface area contributed by atoms with Gasteiger partial charge in [0.25, 0.3) is 0 Å². The average Bonchev–Trinajstić information content (AvgIpc) is 2.39. The van der Waals surface area contributed by atoms with Gasteiger partial charge in [-0.05, 0) is 31.5 Å². The molecule has 0 spiro atoms. The van der Waals surface area contributed by atoms with Crippen molar-refractivity contribution in [2.75, 3.05) is 17.7 Å². The van der Waals surface area contributed by atoms with Crippen molar-refractivity contribution in [2.45, 2.75) is 19.9 Å². The Morgan fingerprint density at radius 3 is 2.44 bits per heavy atom. The molecular weight excluding hydrogens is 226 g/mol. The van der Waals surface area contributed by atoms with Crippen LogP contribution in [0.15, 0.2) is 30.6 Å². The molecule has 18 heavy (non-hydrogen) atoms. The highest BCUT2D eigenvalue weighted by atomic mass is 15.1. The van der Waals surface area contributed by atoms with Crippen LogP contribution in [-0.4, -0.2) is 22.0 Å². The Kier molecular flexibility index (Phi) is 3.72. The highest BCUT2D eigenvalue weighted by Crippen LogP contribution is 2.18. The van der Waals surface area contributed by atoms with Gasteiger partial charge in [-0.1, -0.05) is 0 Å². The van der Waals surface area contributed by atoms with Gasteiger partial charge in [-0.3, -0.25) is 4.98 Å². The summed E-state index contributed by atoms with van der Waals surface area (Å²) >= 11 is 0. The maximum atomic E-state index is 4.37. The fourth-order valence-electron chi connectivity index (χ4n) is 1.73. The number of aryl methyl sites for hydroxylation is 1. The van der Waals surface area contributed by atoms with E-state index in [0.717, 1.165) is 17.5 Å². The van der Waals surface area contributed by atoms with Crippen LogP contribution in [0.2, 0.25) is 0 Å². The molecule has 2 heterocycles. The molecule has 0 amide bonds. The molecule has 0 saturated heterocycles. The van der Waals surface area contributed by atoms with Gasteiger partial charge in [-0.2, -0.15) is 0 Å². The standard InChI is InChI=1S/C13H17N5/c1-9(11-4-6-15-7-5-11)16-13-8-12(14-3)17-10(2)18-13/h4-9H,1-3H3,(H2,14,16,17,18). The Morgan fingerprint density at radius 1 is 1.11 bits per heavy atom. The molecule has 5 nitrogen and oxygen atoms in total. The number of pyridine rings is 1. The van der Waals surface area contributed by atoms with Crippen LogP contribution in [-0.2, 0) is 0 Å². The summed E-state index contributed by atoms with van der Waals surface area (Å²) in [7, 11) is 1.85. The van der Waals surface area contributed by atoms with Gasteiger partial charge in [0.15, 0.2) is 0 Å².